The minimum atomic E-state index is -0.574. The highest BCUT2D eigenvalue weighted by atomic mass is 16.4. The summed E-state index contributed by atoms with van der Waals surface area (Å²) in [5.74, 6) is 0.667. The molecule has 1 heterocycles. The Morgan fingerprint density at radius 2 is 1.74 bits per heavy atom. The second kappa shape index (κ2) is 5.22. The molecule has 2 heteroatoms. The van der Waals surface area contributed by atoms with Crippen molar-refractivity contribution >= 4 is 0 Å². The summed E-state index contributed by atoms with van der Waals surface area (Å²) < 4.78 is 5.33. The molecule has 102 valence electrons. The average Bonchev–Trinajstić information content (AvgIpc) is 2.75. The van der Waals surface area contributed by atoms with E-state index < -0.39 is 6.10 Å². The van der Waals surface area contributed by atoms with Crippen LogP contribution in [0.25, 0.3) is 0 Å². The molecule has 0 bridgehead atoms. The zero-order valence-electron chi connectivity index (χ0n) is 12.1. The van der Waals surface area contributed by atoms with E-state index >= 15 is 0 Å². The number of furan rings is 1. The van der Waals surface area contributed by atoms with Crippen molar-refractivity contribution < 1.29 is 9.52 Å². The van der Waals surface area contributed by atoms with Gasteiger partial charge in [-0.15, -0.1) is 0 Å². The highest BCUT2D eigenvalue weighted by Crippen LogP contribution is 2.25. The summed E-state index contributed by atoms with van der Waals surface area (Å²) in [5, 5.41) is 10.2. The Morgan fingerprint density at radius 3 is 2.21 bits per heavy atom. The average molecular weight is 258 g/mol. The first-order valence-electron chi connectivity index (χ1n) is 6.69. The SMILES string of the molecule is Cc1ccoc1C(O)Cc1ccc(C(C)(C)C)cc1. The van der Waals surface area contributed by atoms with Crippen molar-refractivity contribution in [2.24, 2.45) is 0 Å². The normalized spacial score (nSPS) is 13.5. The number of aliphatic hydroxyl groups excluding tert-OH is 1. The van der Waals surface area contributed by atoms with Crippen molar-refractivity contribution in [1.29, 1.82) is 0 Å². The summed E-state index contributed by atoms with van der Waals surface area (Å²) >= 11 is 0. The number of hydrogen-bond acceptors (Lipinski definition) is 2. The number of hydrogen-bond donors (Lipinski definition) is 1. The Kier molecular flexibility index (Phi) is 3.81. The standard InChI is InChI=1S/C17H22O2/c1-12-9-10-19-16(12)15(18)11-13-5-7-14(8-6-13)17(2,3)4/h5-10,15,18H,11H2,1-4H3. The maximum atomic E-state index is 10.2. The van der Waals surface area contributed by atoms with Gasteiger partial charge in [0.25, 0.3) is 0 Å². The van der Waals surface area contributed by atoms with Gasteiger partial charge in [0.2, 0.25) is 0 Å². The van der Waals surface area contributed by atoms with E-state index in [0.29, 0.717) is 12.2 Å². The lowest BCUT2D eigenvalue weighted by Crippen LogP contribution is -2.11. The molecule has 0 aliphatic carbocycles. The molecule has 0 saturated carbocycles. The molecule has 0 fully saturated rings. The van der Waals surface area contributed by atoms with Gasteiger partial charge in [0.15, 0.2) is 0 Å². The molecule has 0 aliphatic heterocycles. The lowest BCUT2D eigenvalue weighted by atomic mass is 9.86. The van der Waals surface area contributed by atoms with Crippen LogP contribution in [0.3, 0.4) is 0 Å². The zero-order chi connectivity index (χ0) is 14.0. The third-order valence-electron chi connectivity index (χ3n) is 3.45. The molecule has 0 spiro atoms. The van der Waals surface area contributed by atoms with E-state index in [2.05, 4.69) is 45.0 Å². The maximum Gasteiger partial charge on any atom is 0.135 e. The number of benzene rings is 1. The molecular weight excluding hydrogens is 236 g/mol. The predicted molar refractivity (Wildman–Crippen MR) is 77.3 cm³/mol. The summed E-state index contributed by atoms with van der Waals surface area (Å²) in [6.45, 7) is 8.54. The molecule has 1 unspecified atom stereocenters. The monoisotopic (exact) mass is 258 g/mol. The minimum Gasteiger partial charge on any atom is -0.466 e. The zero-order valence-corrected chi connectivity index (χ0v) is 12.1. The topological polar surface area (TPSA) is 33.4 Å². The van der Waals surface area contributed by atoms with E-state index in [1.165, 1.54) is 5.56 Å². The minimum absolute atomic E-state index is 0.161. The largest absolute Gasteiger partial charge is 0.466 e. The van der Waals surface area contributed by atoms with Crippen LogP contribution in [0, 0.1) is 6.92 Å². The lowest BCUT2D eigenvalue weighted by Gasteiger charge is -2.19. The van der Waals surface area contributed by atoms with Crippen LogP contribution in [0.15, 0.2) is 41.0 Å². The van der Waals surface area contributed by atoms with Crippen molar-refractivity contribution in [3.63, 3.8) is 0 Å². The van der Waals surface area contributed by atoms with Gasteiger partial charge in [-0.2, -0.15) is 0 Å². The van der Waals surface area contributed by atoms with Gasteiger partial charge in [-0.3, -0.25) is 0 Å². The Labute approximate surface area is 115 Å². The first kappa shape index (κ1) is 13.9. The molecule has 0 aliphatic rings. The third kappa shape index (κ3) is 3.27. The molecule has 19 heavy (non-hydrogen) atoms. The highest BCUT2D eigenvalue weighted by molar-refractivity contribution is 5.29. The Morgan fingerprint density at radius 1 is 1.11 bits per heavy atom. The van der Waals surface area contributed by atoms with E-state index in [1.54, 1.807) is 6.26 Å². The molecule has 2 nitrogen and oxygen atoms in total. The molecule has 2 aromatic rings. The van der Waals surface area contributed by atoms with E-state index in [4.69, 9.17) is 4.42 Å². The molecule has 0 saturated heterocycles. The third-order valence-corrected chi connectivity index (χ3v) is 3.45. The van der Waals surface area contributed by atoms with Crippen molar-refractivity contribution in [3.05, 3.63) is 59.0 Å². The molecule has 0 amide bonds. The van der Waals surface area contributed by atoms with Crippen LogP contribution in [0.1, 0.15) is 49.3 Å². The first-order valence-corrected chi connectivity index (χ1v) is 6.69. The molecule has 1 atom stereocenters. The van der Waals surface area contributed by atoms with E-state index in [9.17, 15) is 5.11 Å². The summed E-state index contributed by atoms with van der Waals surface area (Å²) in [5.41, 5.74) is 3.59. The van der Waals surface area contributed by atoms with Crippen LogP contribution in [0.2, 0.25) is 0 Å². The van der Waals surface area contributed by atoms with Gasteiger partial charge in [0.1, 0.15) is 11.9 Å². The van der Waals surface area contributed by atoms with Crippen molar-refractivity contribution in [2.75, 3.05) is 0 Å². The van der Waals surface area contributed by atoms with E-state index in [1.807, 2.05) is 13.0 Å². The van der Waals surface area contributed by atoms with E-state index in [0.717, 1.165) is 11.1 Å². The second-order valence-corrected chi connectivity index (χ2v) is 6.13. The number of aliphatic hydroxyl groups is 1. The second-order valence-electron chi connectivity index (χ2n) is 6.13. The lowest BCUT2D eigenvalue weighted by molar-refractivity contribution is 0.149. The van der Waals surface area contributed by atoms with Crippen LogP contribution in [-0.2, 0) is 11.8 Å². The molecule has 1 N–H and O–H groups in total. The summed E-state index contributed by atoms with van der Waals surface area (Å²) in [6, 6.07) is 10.3. The van der Waals surface area contributed by atoms with Crippen LogP contribution >= 0.6 is 0 Å². The molecular formula is C17H22O2. The van der Waals surface area contributed by atoms with Gasteiger partial charge >= 0.3 is 0 Å². The van der Waals surface area contributed by atoms with Crippen molar-refractivity contribution in [1.82, 2.24) is 0 Å². The Bertz CT molecular complexity index is 529. The van der Waals surface area contributed by atoms with Crippen LogP contribution in [0.4, 0.5) is 0 Å². The van der Waals surface area contributed by atoms with Crippen LogP contribution in [0.5, 0.6) is 0 Å². The fraction of sp³-hybridized carbons (Fsp3) is 0.412. The number of rotatable bonds is 3. The maximum absolute atomic E-state index is 10.2. The van der Waals surface area contributed by atoms with Crippen molar-refractivity contribution in [2.45, 2.75) is 45.6 Å². The molecule has 2 rings (SSSR count). The van der Waals surface area contributed by atoms with Crippen LogP contribution < -0.4 is 0 Å². The van der Waals surface area contributed by atoms with E-state index in [-0.39, 0.29) is 5.41 Å². The Balaban J connectivity index is 2.10. The molecule has 0 radical (unpaired) electrons. The fourth-order valence-corrected chi connectivity index (χ4v) is 2.18. The van der Waals surface area contributed by atoms with Crippen molar-refractivity contribution in [3.8, 4) is 0 Å². The quantitative estimate of drug-likeness (QED) is 0.896. The summed E-state index contributed by atoms with van der Waals surface area (Å²) in [6.07, 6.45) is 1.63. The van der Waals surface area contributed by atoms with Gasteiger partial charge in [-0.25, -0.2) is 0 Å². The predicted octanol–water partition coefficient (Wildman–Crippen LogP) is 4.16. The molecule has 1 aromatic carbocycles. The Hall–Kier alpha value is -1.54. The fourth-order valence-electron chi connectivity index (χ4n) is 2.18. The van der Waals surface area contributed by atoms with Gasteiger partial charge in [0.05, 0.1) is 6.26 Å². The number of aryl methyl sites for hydroxylation is 1. The summed E-state index contributed by atoms with van der Waals surface area (Å²) in [7, 11) is 0. The van der Waals surface area contributed by atoms with Gasteiger partial charge < -0.3 is 9.52 Å². The summed E-state index contributed by atoms with van der Waals surface area (Å²) in [4.78, 5) is 0. The van der Waals surface area contributed by atoms with Gasteiger partial charge in [-0.1, -0.05) is 45.0 Å². The highest BCUT2D eigenvalue weighted by Gasteiger charge is 2.16. The smallest absolute Gasteiger partial charge is 0.135 e. The molecule has 1 aromatic heterocycles. The van der Waals surface area contributed by atoms with Crippen LogP contribution in [-0.4, -0.2) is 5.11 Å². The van der Waals surface area contributed by atoms with Gasteiger partial charge in [0, 0.05) is 6.42 Å². The van der Waals surface area contributed by atoms with Gasteiger partial charge in [-0.05, 0) is 35.1 Å². The first-order chi connectivity index (χ1) is 8.88.